The second-order valence-corrected chi connectivity index (χ2v) is 7.88. The van der Waals surface area contributed by atoms with E-state index >= 15 is 0 Å². The highest BCUT2D eigenvalue weighted by atomic mass is 32.2. The molecule has 2 aromatic rings. The van der Waals surface area contributed by atoms with E-state index < -0.39 is 31.6 Å². The molecule has 0 saturated heterocycles. The van der Waals surface area contributed by atoms with Gasteiger partial charge in [0.15, 0.2) is 5.25 Å². The van der Waals surface area contributed by atoms with Crippen LogP contribution >= 0.6 is 0 Å². The number of sulfone groups is 1. The van der Waals surface area contributed by atoms with Crippen LogP contribution in [0.2, 0.25) is 0 Å². The van der Waals surface area contributed by atoms with Crippen molar-refractivity contribution in [1.82, 2.24) is 15.2 Å². The smallest absolute Gasteiger partial charge is 0.268 e. The summed E-state index contributed by atoms with van der Waals surface area (Å²) < 4.78 is 25.3. The molecule has 22 heavy (non-hydrogen) atoms. The lowest BCUT2D eigenvalue weighted by atomic mass is 9.96. The minimum atomic E-state index is -4.12. The van der Waals surface area contributed by atoms with E-state index in [9.17, 15) is 13.2 Å². The Kier molecular flexibility index (Phi) is 4.06. The highest BCUT2D eigenvalue weighted by Crippen LogP contribution is 2.28. The maximum Gasteiger partial charge on any atom is 0.268 e. The number of benzene rings is 1. The Balaban J connectivity index is 2.52. The number of hydrogen-bond acceptors (Lipinski definition) is 5. The molecule has 1 aromatic carbocycles. The van der Waals surface area contributed by atoms with Crippen LogP contribution in [-0.4, -0.2) is 29.5 Å². The van der Waals surface area contributed by atoms with Gasteiger partial charge in [-0.25, -0.2) is 13.4 Å². The van der Waals surface area contributed by atoms with Crippen molar-refractivity contribution in [3.05, 3.63) is 41.7 Å². The van der Waals surface area contributed by atoms with Crippen molar-refractivity contribution < 1.29 is 13.2 Å². The summed E-state index contributed by atoms with van der Waals surface area (Å²) in [5.41, 5.74) is 5.20. The maximum atomic E-state index is 12.7. The second kappa shape index (κ2) is 5.53. The molecule has 8 heteroatoms. The van der Waals surface area contributed by atoms with Crippen LogP contribution in [0.25, 0.3) is 0 Å². The molecule has 1 heterocycles. The molecular formula is C14H18N4O3S. The second-order valence-electron chi connectivity index (χ2n) is 5.95. The molecule has 0 aliphatic heterocycles. The maximum absolute atomic E-state index is 12.7. The van der Waals surface area contributed by atoms with Crippen molar-refractivity contribution in [2.24, 2.45) is 5.73 Å². The summed E-state index contributed by atoms with van der Waals surface area (Å²) in [6.07, 6.45) is 0. The number of nitrogens with two attached hydrogens (primary N) is 1. The number of primary amides is 1. The van der Waals surface area contributed by atoms with Crippen molar-refractivity contribution in [1.29, 1.82) is 0 Å². The predicted octanol–water partition coefficient (Wildman–Crippen LogP) is 1.10. The first-order valence-electron chi connectivity index (χ1n) is 6.65. The standard InChI is InChI=1S/C14H18N4O3S/c1-14(2,3)12-16-13(18-17-12)22(20,21)10(11(15)19)9-7-5-4-6-8-9/h4-8,10H,1-3H3,(H2,15,19)(H,16,17,18)/t10-/m1/s1. The number of carbonyl (C=O) groups is 1. The number of hydrogen-bond donors (Lipinski definition) is 2. The van der Waals surface area contributed by atoms with E-state index in [0.717, 1.165) is 0 Å². The average molecular weight is 322 g/mol. The Morgan fingerprint density at radius 3 is 2.27 bits per heavy atom. The highest BCUT2D eigenvalue weighted by molar-refractivity contribution is 7.92. The fourth-order valence-electron chi connectivity index (χ4n) is 1.94. The van der Waals surface area contributed by atoms with Crippen molar-refractivity contribution in [2.75, 3.05) is 0 Å². The molecule has 0 aliphatic carbocycles. The van der Waals surface area contributed by atoms with Gasteiger partial charge in [0.1, 0.15) is 5.82 Å². The Morgan fingerprint density at radius 1 is 1.23 bits per heavy atom. The zero-order chi connectivity index (χ0) is 16.5. The quantitative estimate of drug-likeness (QED) is 0.873. The predicted molar refractivity (Wildman–Crippen MR) is 80.6 cm³/mol. The molecule has 0 bridgehead atoms. The van der Waals surface area contributed by atoms with Gasteiger partial charge in [0.05, 0.1) is 0 Å². The van der Waals surface area contributed by atoms with Gasteiger partial charge in [-0.2, -0.15) is 0 Å². The molecule has 118 valence electrons. The monoisotopic (exact) mass is 322 g/mol. The third-order valence-electron chi connectivity index (χ3n) is 3.10. The van der Waals surface area contributed by atoms with Crippen LogP contribution in [0.5, 0.6) is 0 Å². The van der Waals surface area contributed by atoms with Gasteiger partial charge in [-0.1, -0.05) is 51.1 Å². The van der Waals surface area contributed by atoms with E-state index in [4.69, 9.17) is 5.73 Å². The van der Waals surface area contributed by atoms with Gasteiger partial charge in [-0.15, -0.1) is 5.10 Å². The SMILES string of the molecule is CC(C)(C)c1nc(S(=O)(=O)[C@@H](C(N)=O)c2ccccc2)n[nH]1. The lowest BCUT2D eigenvalue weighted by Gasteiger charge is -2.14. The Morgan fingerprint density at radius 2 is 1.82 bits per heavy atom. The molecule has 1 atom stereocenters. The number of amides is 1. The van der Waals surface area contributed by atoms with E-state index in [1.54, 1.807) is 18.2 Å². The highest BCUT2D eigenvalue weighted by Gasteiger charge is 2.37. The summed E-state index contributed by atoms with van der Waals surface area (Å²) in [4.78, 5) is 15.7. The summed E-state index contributed by atoms with van der Waals surface area (Å²) >= 11 is 0. The topological polar surface area (TPSA) is 119 Å². The molecule has 0 aliphatic rings. The van der Waals surface area contributed by atoms with Crippen molar-refractivity contribution in [3.8, 4) is 0 Å². The van der Waals surface area contributed by atoms with Crippen LogP contribution in [0.15, 0.2) is 35.5 Å². The van der Waals surface area contributed by atoms with Gasteiger partial charge in [-0.3, -0.25) is 9.89 Å². The normalized spacial score (nSPS) is 13.8. The number of carbonyl (C=O) groups excluding carboxylic acids is 1. The number of rotatable bonds is 4. The van der Waals surface area contributed by atoms with Gasteiger partial charge < -0.3 is 5.73 Å². The first-order valence-corrected chi connectivity index (χ1v) is 8.19. The van der Waals surface area contributed by atoms with E-state index in [0.29, 0.717) is 5.82 Å². The zero-order valence-electron chi connectivity index (χ0n) is 12.6. The molecule has 3 N–H and O–H groups in total. The van der Waals surface area contributed by atoms with E-state index in [-0.39, 0.29) is 5.56 Å². The van der Waals surface area contributed by atoms with E-state index in [1.165, 1.54) is 12.1 Å². The average Bonchev–Trinajstić information content (AvgIpc) is 2.89. The molecular weight excluding hydrogens is 304 g/mol. The number of nitrogens with zero attached hydrogens (tertiary/aromatic N) is 2. The summed E-state index contributed by atoms with van der Waals surface area (Å²) in [6.45, 7) is 5.60. The molecule has 0 radical (unpaired) electrons. The number of aromatic nitrogens is 3. The zero-order valence-corrected chi connectivity index (χ0v) is 13.4. The first-order chi connectivity index (χ1) is 10.1. The minimum absolute atomic E-state index is 0.289. The van der Waals surface area contributed by atoms with Crippen LogP contribution in [-0.2, 0) is 20.0 Å². The fraction of sp³-hybridized carbons (Fsp3) is 0.357. The lowest BCUT2D eigenvalue weighted by molar-refractivity contribution is -0.117. The number of aromatic amines is 1. The summed E-state index contributed by atoms with van der Waals surface area (Å²) in [5, 5.41) is 4.41. The molecule has 0 saturated carbocycles. The molecule has 1 amide bonds. The van der Waals surface area contributed by atoms with Crippen LogP contribution in [0.3, 0.4) is 0 Å². The molecule has 7 nitrogen and oxygen atoms in total. The third-order valence-corrected chi connectivity index (χ3v) is 4.92. The van der Waals surface area contributed by atoms with Crippen LogP contribution in [0, 0.1) is 0 Å². The fourth-order valence-corrected chi connectivity index (χ4v) is 3.36. The molecule has 0 fully saturated rings. The van der Waals surface area contributed by atoms with E-state index in [2.05, 4.69) is 15.2 Å². The Bertz CT molecular complexity index is 776. The third kappa shape index (κ3) is 3.01. The van der Waals surface area contributed by atoms with Crippen LogP contribution < -0.4 is 5.73 Å². The van der Waals surface area contributed by atoms with Gasteiger partial charge in [-0.05, 0) is 5.56 Å². The molecule has 0 spiro atoms. The summed E-state index contributed by atoms with van der Waals surface area (Å²) in [6, 6.07) is 8.06. The first kappa shape index (κ1) is 16.2. The Hall–Kier alpha value is -2.22. The van der Waals surface area contributed by atoms with Crippen molar-refractivity contribution in [3.63, 3.8) is 0 Å². The summed E-state index contributed by atoms with van der Waals surface area (Å²) in [5.74, 6) is -0.546. The Labute approximate surface area is 128 Å². The van der Waals surface area contributed by atoms with Gasteiger partial charge in [0.2, 0.25) is 15.7 Å². The largest absolute Gasteiger partial charge is 0.368 e. The van der Waals surface area contributed by atoms with Crippen LogP contribution in [0.4, 0.5) is 0 Å². The minimum Gasteiger partial charge on any atom is -0.368 e. The molecule has 0 unspecified atom stereocenters. The van der Waals surface area contributed by atoms with E-state index in [1.807, 2.05) is 20.8 Å². The van der Waals surface area contributed by atoms with Crippen molar-refractivity contribution >= 4 is 15.7 Å². The lowest BCUT2D eigenvalue weighted by Crippen LogP contribution is -2.29. The number of H-pyrrole nitrogens is 1. The molecule has 1 aromatic heterocycles. The summed E-state index contributed by atoms with van der Waals surface area (Å²) in [7, 11) is -4.12. The van der Waals surface area contributed by atoms with Gasteiger partial charge >= 0.3 is 0 Å². The van der Waals surface area contributed by atoms with Crippen LogP contribution in [0.1, 0.15) is 37.4 Å². The van der Waals surface area contributed by atoms with Crippen molar-refractivity contribution in [2.45, 2.75) is 36.6 Å². The van der Waals surface area contributed by atoms with Gasteiger partial charge in [0, 0.05) is 5.41 Å². The number of nitrogens with one attached hydrogen (secondary N) is 1. The molecule has 2 rings (SSSR count). The van der Waals surface area contributed by atoms with Gasteiger partial charge in [0.25, 0.3) is 5.16 Å².